The molecule has 0 aliphatic rings. The van der Waals surface area contributed by atoms with Crippen LogP contribution in [0, 0.1) is 0 Å². The normalized spacial score (nSPS) is 15.6. The zero-order valence-electron chi connectivity index (χ0n) is 14.9. The standard InChI is InChI=1S/C18H33NO2Si/c1-13(2)22(14(3)4,15(5)6)21-12-17(20)18(19)16-10-8-7-9-11-16/h7-11,13-15,17-18,20H,12,19H2,1-6H3/t17-,18+/m0/s1. The minimum Gasteiger partial charge on any atom is -0.413 e. The first-order chi connectivity index (χ1) is 10.2. The number of benzene rings is 1. The minimum atomic E-state index is -1.95. The summed E-state index contributed by atoms with van der Waals surface area (Å²) in [6.45, 7) is 13.8. The fourth-order valence-corrected chi connectivity index (χ4v) is 9.19. The van der Waals surface area contributed by atoms with E-state index in [1.807, 2.05) is 30.3 Å². The van der Waals surface area contributed by atoms with Crippen molar-refractivity contribution in [1.82, 2.24) is 0 Å². The number of rotatable bonds is 8. The maximum Gasteiger partial charge on any atom is 0.200 e. The van der Waals surface area contributed by atoms with Gasteiger partial charge in [-0.25, -0.2) is 0 Å². The van der Waals surface area contributed by atoms with Crippen LogP contribution in [0.2, 0.25) is 16.6 Å². The van der Waals surface area contributed by atoms with Gasteiger partial charge in [0, 0.05) is 0 Å². The topological polar surface area (TPSA) is 55.5 Å². The molecule has 0 spiro atoms. The molecule has 0 aliphatic carbocycles. The minimum absolute atomic E-state index is 0.316. The van der Waals surface area contributed by atoms with Crippen molar-refractivity contribution >= 4 is 8.32 Å². The van der Waals surface area contributed by atoms with Gasteiger partial charge in [-0.05, 0) is 22.2 Å². The van der Waals surface area contributed by atoms with Crippen molar-refractivity contribution in [2.24, 2.45) is 5.73 Å². The highest BCUT2D eigenvalue weighted by molar-refractivity contribution is 6.77. The molecule has 4 heteroatoms. The summed E-state index contributed by atoms with van der Waals surface area (Å²) in [5.74, 6) is 0. The third kappa shape index (κ3) is 4.19. The lowest BCUT2D eigenvalue weighted by molar-refractivity contribution is 0.0765. The van der Waals surface area contributed by atoms with Gasteiger partial charge in [-0.1, -0.05) is 71.9 Å². The molecule has 1 aromatic carbocycles. The number of hydrogen-bond acceptors (Lipinski definition) is 3. The molecular weight excluding hydrogens is 290 g/mol. The van der Waals surface area contributed by atoms with Gasteiger partial charge in [0.05, 0.1) is 18.8 Å². The van der Waals surface area contributed by atoms with Crippen molar-refractivity contribution in [3.63, 3.8) is 0 Å². The van der Waals surface area contributed by atoms with Crippen LogP contribution in [0.5, 0.6) is 0 Å². The predicted octanol–water partition coefficient (Wildman–Crippen LogP) is 4.24. The summed E-state index contributed by atoms with van der Waals surface area (Å²) in [4.78, 5) is 0. The van der Waals surface area contributed by atoms with Gasteiger partial charge < -0.3 is 15.3 Å². The fraction of sp³-hybridized carbons (Fsp3) is 0.667. The van der Waals surface area contributed by atoms with Crippen LogP contribution in [0.1, 0.15) is 53.1 Å². The largest absolute Gasteiger partial charge is 0.413 e. The number of nitrogens with two attached hydrogens (primary N) is 1. The first kappa shape index (κ1) is 19.4. The average Bonchev–Trinajstić information content (AvgIpc) is 2.46. The third-order valence-corrected chi connectivity index (χ3v) is 10.9. The first-order valence-corrected chi connectivity index (χ1v) is 10.5. The van der Waals surface area contributed by atoms with Gasteiger partial charge in [0.1, 0.15) is 0 Å². The Kier molecular flexibility index (Phi) is 7.26. The molecule has 0 radical (unpaired) electrons. The van der Waals surface area contributed by atoms with Crippen LogP contribution in [0.25, 0.3) is 0 Å². The summed E-state index contributed by atoms with van der Waals surface area (Å²) in [5, 5.41) is 10.5. The van der Waals surface area contributed by atoms with Gasteiger partial charge in [0.25, 0.3) is 0 Å². The summed E-state index contributed by atoms with van der Waals surface area (Å²) in [5.41, 5.74) is 8.65. The van der Waals surface area contributed by atoms with E-state index in [0.29, 0.717) is 23.2 Å². The summed E-state index contributed by atoms with van der Waals surface area (Å²) >= 11 is 0. The SMILES string of the molecule is CC(C)[Si](OC[C@H](O)[C@H](N)c1ccccc1)(C(C)C)C(C)C. The van der Waals surface area contributed by atoms with E-state index in [4.69, 9.17) is 10.2 Å². The molecule has 22 heavy (non-hydrogen) atoms. The molecule has 1 aromatic rings. The van der Waals surface area contributed by atoms with Gasteiger partial charge in [0.15, 0.2) is 8.32 Å². The van der Waals surface area contributed by atoms with Crippen molar-refractivity contribution in [3.8, 4) is 0 Å². The molecule has 3 N–H and O–H groups in total. The maximum atomic E-state index is 10.5. The Morgan fingerprint density at radius 2 is 1.41 bits per heavy atom. The van der Waals surface area contributed by atoms with Gasteiger partial charge in [-0.3, -0.25) is 0 Å². The monoisotopic (exact) mass is 323 g/mol. The van der Waals surface area contributed by atoms with Crippen LogP contribution in [0.4, 0.5) is 0 Å². The number of aliphatic hydroxyl groups excluding tert-OH is 1. The van der Waals surface area contributed by atoms with E-state index >= 15 is 0 Å². The summed E-state index contributed by atoms with van der Waals surface area (Å²) in [6, 6.07) is 9.33. The van der Waals surface area contributed by atoms with Crippen molar-refractivity contribution in [2.75, 3.05) is 6.61 Å². The molecule has 0 saturated carbocycles. The molecule has 126 valence electrons. The second-order valence-electron chi connectivity index (χ2n) is 7.13. The van der Waals surface area contributed by atoms with Crippen LogP contribution in [0.15, 0.2) is 30.3 Å². The zero-order valence-corrected chi connectivity index (χ0v) is 15.9. The Hall–Kier alpha value is -0.683. The Bertz CT molecular complexity index is 412. The van der Waals surface area contributed by atoms with E-state index in [2.05, 4.69) is 41.5 Å². The van der Waals surface area contributed by atoms with Crippen molar-refractivity contribution in [2.45, 2.75) is 70.3 Å². The fourth-order valence-electron chi connectivity index (χ4n) is 3.73. The highest BCUT2D eigenvalue weighted by atomic mass is 28.4. The molecule has 0 heterocycles. The predicted molar refractivity (Wildman–Crippen MR) is 96.4 cm³/mol. The highest BCUT2D eigenvalue weighted by Crippen LogP contribution is 2.42. The van der Waals surface area contributed by atoms with Crippen molar-refractivity contribution in [1.29, 1.82) is 0 Å². The summed E-state index contributed by atoms with van der Waals surface area (Å²) < 4.78 is 6.43. The summed E-state index contributed by atoms with van der Waals surface area (Å²) in [7, 11) is -1.95. The van der Waals surface area contributed by atoms with E-state index in [1.165, 1.54) is 0 Å². The maximum absolute atomic E-state index is 10.5. The highest BCUT2D eigenvalue weighted by Gasteiger charge is 2.45. The van der Waals surface area contributed by atoms with Crippen LogP contribution in [-0.4, -0.2) is 26.1 Å². The van der Waals surface area contributed by atoms with Crippen LogP contribution in [-0.2, 0) is 4.43 Å². The quantitative estimate of drug-likeness (QED) is 0.704. The van der Waals surface area contributed by atoms with Gasteiger partial charge >= 0.3 is 0 Å². The smallest absolute Gasteiger partial charge is 0.200 e. The molecule has 0 saturated heterocycles. The lowest BCUT2D eigenvalue weighted by Gasteiger charge is -2.43. The first-order valence-electron chi connectivity index (χ1n) is 8.36. The molecule has 0 amide bonds. The van der Waals surface area contributed by atoms with Gasteiger partial charge in [-0.15, -0.1) is 0 Å². The van der Waals surface area contributed by atoms with E-state index in [0.717, 1.165) is 5.56 Å². The second-order valence-corrected chi connectivity index (χ2v) is 12.6. The third-order valence-electron chi connectivity index (χ3n) is 4.81. The number of hydrogen-bond donors (Lipinski definition) is 2. The van der Waals surface area contributed by atoms with Crippen molar-refractivity contribution < 1.29 is 9.53 Å². The van der Waals surface area contributed by atoms with Crippen LogP contribution < -0.4 is 5.73 Å². The van der Waals surface area contributed by atoms with E-state index in [-0.39, 0.29) is 0 Å². The van der Waals surface area contributed by atoms with Gasteiger partial charge in [-0.2, -0.15) is 0 Å². The Labute approximate surface area is 137 Å². The molecular formula is C18H33NO2Si. The average molecular weight is 324 g/mol. The Morgan fingerprint density at radius 1 is 0.955 bits per heavy atom. The van der Waals surface area contributed by atoms with E-state index in [9.17, 15) is 5.11 Å². The van der Waals surface area contributed by atoms with E-state index in [1.54, 1.807) is 0 Å². The molecule has 0 unspecified atom stereocenters. The molecule has 0 fully saturated rings. The molecule has 1 rings (SSSR count). The Balaban J connectivity index is 2.80. The van der Waals surface area contributed by atoms with Crippen LogP contribution >= 0.6 is 0 Å². The van der Waals surface area contributed by atoms with Gasteiger partial charge in [0.2, 0.25) is 0 Å². The lowest BCUT2D eigenvalue weighted by Crippen LogP contribution is -2.49. The molecule has 0 aliphatic heterocycles. The summed E-state index contributed by atoms with van der Waals surface area (Å²) in [6.07, 6.45) is -0.675. The number of aliphatic hydroxyl groups is 1. The van der Waals surface area contributed by atoms with Crippen molar-refractivity contribution in [3.05, 3.63) is 35.9 Å². The van der Waals surface area contributed by atoms with Crippen LogP contribution in [0.3, 0.4) is 0 Å². The van der Waals surface area contributed by atoms with E-state index < -0.39 is 20.5 Å². The zero-order chi connectivity index (χ0) is 16.9. The second kappa shape index (κ2) is 8.25. The lowest BCUT2D eigenvalue weighted by atomic mass is 10.0. The molecule has 2 atom stereocenters. The molecule has 0 bridgehead atoms. The Morgan fingerprint density at radius 3 is 1.82 bits per heavy atom. The molecule has 0 aromatic heterocycles. The molecule has 3 nitrogen and oxygen atoms in total.